The molecule has 1 aliphatic carbocycles. The smallest absolute Gasteiger partial charge is 0.0205 e. The molecule has 3 atom stereocenters. The summed E-state index contributed by atoms with van der Waals surface area (Å²) in [6, 6.07) is 10.7. The molecule has 18 heavy (non-hydrogen) atoms. The van der Waals surface area contributed by atoms with Crippen LogP contribution in [0.25, 0.3) is 0 Å². The Hall–Kier alpha value is -0.820. The van der Waals surface area contributed by atoms with Gasteiger partial charge in [-0.2, -0.15) is 0 Å². The molecule has 1 N–H and O–H groups in total. The Bertz CT molecular complexity index is 333. The topological polar surface area (TPSA) is 12.0 Å². The molecule has 1 aromatic rings. The maximum absolute atomic E-state index is 3.63. The van der Waals surface area contributed by atoms with Gasteiger partial charge in [0.15, 0.2) is 0 Å². The molecule has 1 nitrogen and oxygen atoms in total. The van der Waals surface area contributed by atoms with Crippen molar-refractivity contribution in [2.24, 2.45) is 17.8 Å². The summed E-state index contributed by atoms with van der Waals surface area (Å²) in [6.45, 7) is 6.98. The Morgan fingerprint density at radius 3 is 2.61 bits per heavy atom. The summed E-state index contributed by atoms with van der Waals surface area (Å²) in [4.78, 5) is 0. The van der Waals surface area contributed by atoms with Gasteiger partial charge in [0.1, 0.15) is 0 Å². The van der Waals surface area contributed by atoms with Crippen molar-refractivity contribution >= 4 is 0 Å². The molecular weight excluding hydrogens is 218 g/mol. The molecule has 1 saturated carbocycles. The molecule has 1 unspecified atom stereocenters. The molecular formula is C17H27N. The van der Waals surface area contributed by atoms with E-state index in [4.69, 9.17) is 0 Å². The average Bonchev–Trinajstić information content (AvgIpc) is 2.42. The van der Waals surface area contributed by atoms with Crippen LogP contribution in [0.15, 0.2) is 30.3 Å². The molecule has 1 aliphatic rings. The fraction of sp³-hybridized carbons (Fsp3) is 0.647. The van der Waals surface area contributed by atoms with Crippen LogP contribution >= 0.6 is 0 Å². The molecule has 0 bridgehead atoms. The van der Waals surface area contributed by atoms with Gasteiger partial charge in [-0.3, -0.25) is 0 Å². The van der Waals surface area contributed by atoms with Crippen LogP contribution in [0.5, 0.6) is 0 Å². The van der Waals surface area contributed by atoms with Crippen LogP contribution in [0.3, 0.4) is 0 Å². The summed E-state index contributed by atoms with van der Waals surface area (Å²) >= 11 is 0. The van der Waals surface area contributed by atoms with E-state index in [0.717, 1.165) is 24.3 Å². The zero-order chi connectivity index (χ0) is 12.8. The Balaban J connectivity index is 1.71. The van der Waals surface area contributed by atoms with Crippen LogP contribution in [0.1, 0.15) is 45.1 Å². The average molecular weight is 245 g/mol. The molecule has 0 aliphatic heterocycles. The molecule has 0 saturated heterocycles. The molecule has 1 aromatic carbocycles. The van der Waals surface area contributed by atoms with Crippen molar-refractivity contribution in [2.45, 2.75) is 46.1 Å². The van der Waals surface area contributed by atoms with Gasteiger partial charge in [0.25, 0.3) is 0 Å². The highest BCUT2D eigenvalue weighted by Crippen LogP contribution is 2.34. The van der Waals surface area contributed by atoms with Crippen LogP contribution in [0.2, 0.25) is 0 Å². The molecule has 2 rings (SSSR count). The van der Waals surface area contributed by atoms with Gasteiger partial charge in [-0.1, -0.05) is 57.0 Å². The fourth-order valence-electron chi connectivity index (χ4n) is 3.24. The monoisotopic (exact) mass is 245 g/mol. The number of rotatable bonds is 5. The third kappa shape index (κ3) is 3.84. The third-order valence-corrected chi connectivity index (χ3v) is 4.61. The summed E-state index contributed by atoms with van der Waals surface area (Å²) in [5.74, 6) is 2.77. The lowest BCUT2D eigenvalue weighted by molar-refractivity contribution is 0.186. The molecule has 0 heterocycles. The van der Waals surface area contributed by atoms with Crippen molar-refractivity contribution in [1.29, 1.82) is 0 Å². The van der Waals surface area contributed by atoms with Crippen molar-refractivity contribution in [3.63, 3.8) is 0 Å². The Morgan fingerprint density at radius 2 is 1.94 bits per heavy atom. The maximum Gasteiger partial charge on any atom is 0.0205 e. The summed E-state index contributed by atoms with van der Waals surface area (Å²) in [5.41, 5.74) is 1.40. The summed E-state index contributed by atoms with van der Waals surface area (Å²) in [7, 11) is 0. The number of hydrogen-bond donors (Lipinski definition) is 1. The minimum atomic E-state index is 0.886. The molecule has 0 radical (unpaired) electrons. The van der Waals surface area contributed by atoms with E-state index in [1.807, 2.05) is 0 Å². The van der Waals surface area contributed by atoms with E-state index in [-0.39, 0.29) is 0 Å². The van der Waals surface area contributed by atoms with E-state index in [1.54, 1.807) is 0 Å². The van der Waals surface area contributed by atoms with Gasteiger partial charge in [-0.05, 0) is 42.7 Å². The first-order chi connectivity index (χ1) is 8.79. The quantitative estimate of drug-likeness (QED) is 0.818. The predicted octanol–water partition coefficient (Wildman–Crippen LogP) is 4.24. The second kappa shape index (κ2) is 6.94. The highest BCUT2D eigenvalue weighted by atomic mass is 14.9. The highest BCUT2D eigenvalue weighted by molar-refractivity contribution is 5.14. The van der Waals surface area contributed by atoms with Crippen LogP contribution in [-0.4, -0.2) is 6.54 Å². The van der Waals surface area contributed by atoms with Crippen molar-refractivity contribution < 1.29 is 0 Å². The number of hydrogen-bond acceptors (Lipinski definition) is 1. The van der Waals surface area contributed by atoms with Gasteiger partial charge in [0.2, 0.25) is 0 Å². The Morgan fingerprint density at radius 1 is 1.17 bits per heavy atom. The lowest BCUT2D eigenvalue weighted by Gasteiger charge is -2.34. The standard InChI is InChI=1S/C17H27N/c1-3-15-9-10-17(14(2)11-15)13-18-12-16-7-5-4-6-8-16/h4-8,14-15,17-18H,3,9-13H2,1-2H3/t14-,15?,17-/m0/s1. The predicted molar refractivity (Wildman–Crippen MR) is 78.4 cm³/mol. The molecule has 0 spiro atoms. The minimum Gasteiger partial charge on any atom is -0.312 e. The first-order valence-electron chi connectivity index (χ1n) is 7.54. The van der Waals surface area contributed by atoms with Crippen LogP contribution in [0, 0.1) is 17.8 Å². The summed E-state index contributed by atoms with van der Waals surface area (Å²) < 4.78 is 0. The van der Waals surface area contributed by atoms with Crippen molar-refractivity contribution in [3.8, 4) is 0 Å². The fourth-order valence-corrected chi connectivity index (χ4v) is 3.24. The van der Waals surface area contributed by atoms with E-state index in [2.05, 4.69) is 49.5 Å². The van der Waals surface area contributed by atoms with Gasteiger partial charge in [0.05, 0.1) is 0 Å². The number of nitrogens with one attached hydrogen (secondary N) is 1. The molecule has 100 valence electrons. The van der Waals surface area contributed by atoms with Gasteiger partial charge >= 0.3 is 0 Å². The van der Waals surface area contributed by atoms with Gasteiger partial charge in [-0.25, -0.2) is 0 Å². The molecule has 1 fully saturated rings. The van der Waals surface area contributed by atoms with Crippen molar-refractivity contribution in [1.82, 2.24) is 5.32 Å². The van der Waals surface area contributed by atoms with Gasteiger partial charge in [-0.15, -0.1) is 0 Å². The van der Waals surface area contributed by atoms with E-state index < -0.39 is 0 Å². The summed E-state index contributed by atoms with van der Waals surface area (Å²) in [6.07, 6.45) is 5.67. The first kappa shape index (κ1) is 13.6. The zero-order valence-corrected chi connectivity index (χ0v) is 11.9. The second-order valence-corrected chi connectivity index (χ2v) is 5.94. The lowest BCUT2D eigenvalue weighted by Crippen LogP contribution is -2.31. The highest BCUT2D eigenvalue weighted by Gasteiger charge is 2.25. The second-order valence-electron chi connectivity index (χ2n) is 5.94. The van der Waals surface area contributed by atoms with Crippen LogP contribution < -0.4 is 5.32 Å². The van der Waals surface area contributed by atoms with E-state index in [9.17, 15) is 0 Å². The Labute approximate surface area is 112 Å². The summed E-state index contributed by atoms with van der Waals surface area (Å²) in [5, 5.41) is 3.63. The van der Waals surface area contributed by atoms with Crippen LogP contribution in [0.4, 0.5) is 0 Å². The normalized spacial score (nSPS) is 28.2. The first-order valence-corrected chi connectivity index (χ1v) is 7.54. The van der Waals surface area contributed by atoms with Crippen molar-refractivity contribution in [2.75, 3.05) is 6.54 Å². The van der Waals surface area contributed by atoms with Crippen LogP contribution in [-0.2, 0) is 6.54 Å². The van der Waals surface area contributed by atoms with Crippen molar-refractivity contribution in [3.05, 3.63) is 35.9 Å². The third-order valence-electron chi connectivity index (χ3n) is 4.61. The zero-order valence-electron chi connectivity index (χ0n) is 11.9. The van der Waals surface area contributed by atoms with E-state index >= 15 is 0 Å². The van der Waals surface area contributed by atoms with E-state index in [0.29, 0.717) is 0 Å². The van der Waals surface area contributed by atoms with Gasteiger partial charge < -0.3 is 5.32 Å². The lowest BCUT2D eigenvalue weighted by atomic mass is 9.74. The minimum absolute atomic E-state index is 0.886. The molecule has 1 heteroatoms. The molecule has 0 amide bonds. The molecule has 0 aromatic heterocycles. The van der Waals surface area contributed by atoms with Gasteiger partial charge in [0, 0.05) is 6.54 Å². The maximum atomic E-state index is 3.63. The Kier molecular flexibility index (Phi) is 5.25. The largest absolute Gasteiger partial charge is 0.312 e. The number of benzene rings is 1. The SMILES string of the molecule is CCC1CC[C@@H](CNCc2ccccc2)[C@@H](C)C1. The van der Waals surface area contributed by atoms with E-state index in [1.165, 1.54) is 37.8 Å².